The number of fused-ring (bicyclic) bond motifs is 1. The number of morpholine rings is 1. The summed E-state index contributed by atoms with van der Waals surface area (Å²) in [5.41, 5.74) is 0.802. The van der Waals surface area contributed by atoms with E-state index in [1.165, 1.54) is 11.3 Å². The van der Waals surface area contributed by atoms with Crippen molar-refractivity contribution in [1.29, 1.82) is 0 Å². The Kier molecular flexibility index (Phi) is 6.28. The van der Waals surface area contributed by atoms with E-state index in [1.54, 1.807) is 18.0 Å². The molecule has 164 valence electrons. The molecule has 2 amide bonds. The van der Waals surface area contributed by atoms with Crippen LogP contribution in [-0.4, -0.2) is 57.6 Å². The Labute approximate surface area is 183 Å². The van der Waals surface area contributed by atoms with Crippen molar-refractivity contribution in [3.8, 4) is 0 Å². The Balaban J connectivity index is 1.54. The summed E-state index contributed by atoms with van der Waals surface area (Å²) in [4.78, 5) is 37.4. The number of amides is 2. The third kappa shape index (κ3) is 4.75. The number of hydrogen-bond acceptors (Lipinski definition) is 8. The molecule has 9 nitrogen and oxygen atoms in total. The fraction of sp³-hybridized carbons (Fsp3) is 0.476. The Morgan fingerprint density at radius 3 is 2.97 bits per heavy atom. The first-order chi connectivity index (χ1) is 14.9. The predicted molar refractivity (Wildman–Crippen MR) is 115 cm³/mol. The maximum atomic E-state index is 12.9. The molecular weight excluding hydrogens is 418 g/mol. The van der Waals surface area contributed by atoms with E-state index in [-0.39, 0.29) is 24.3 Å². The Hall–Kier alpha value is -2.85. The highest BCUT2D eigenvalue weighted by atomic mass is 32.1. The van der Waals surface area contributed by atoms with Crippen LogP contribution < -0.4 is 5.32 Å². The van der Waals surface area contributed by atoms with Gasteiger partial charge >= 0.3 is 0 Å². The van der Waals surface area contributed by atoms with Crippen molar-refractivity contribution in [3.05, 3.63) is 40.5 Å². The number of carbonyl (C=O) groups is 2. The van der Waals surface area contributed by atoms with Crippen LogP contribution in [0.1, 0.15) is 53.3 Å². The van der Waals surface area contributed by atoms with E-state index in [1.807, 2.05) is 26.0 Å². The molecule has 1 aliphatic heterocycles. The molecule has 0 bridgehead atoms. The first kappa shape index (κ1) is 21.4. The van der Waals surface area contributed by atoms with Crippen LogP contribution >= 0.6 is 11.3 Å². The summed E-state index contributed by atoms with van der Waals surface area (Å²) in [6, 6.07) is 3.81. The van der Waals surface area contributed by atoms with Gasteiger partial charge in [-0.2, -0.15) is 4.98 Å². The zero-order valence-corrected chi connectivity index (χ0v) is 18.6. The Morgan fingerprint density at radius 2 is 2.23 bits per heavy atom. The van der Waals surface area contributed by atoms with Crippen molar-refractivity contribution < 1.29 is 18.8 Å². The third-order valence-electron chi connectivity index (χ3n) is 4.99. The van der Waals surface area contributed by atoms with Crippen LogP contribution in [0, 0.1) is 6.92 Å². The highest BCUT2D eigenvalue weighted by Crippen LogP contribution is 2.37. The number of nitrogens with one attached hydrogen (secondary N) is 1. The normalized spacial score (nSPS) is 16.8. The molecule has 0 aromatic carbocycles. The van der Waals surface area contributed by atoms with E-state index >= 15 is 0 Å². The van der Waals surface area contributed by atoms with Crippen LogP contribution in [0.3, 0.4) is 0 Å². The van der Waals surface area contributed by atoms with Crippen molar-refractivity contribution in [2.24, 2.45) is 0 Å². The van der Waals surface area contributed by atoms with E-state index in [0.717, 1.165) is 15.8 Å². The lowest BCUT2D eigenvalue weighted by Gasteiger charge is -2.33. The lowest BCUT2D eigenvalue weighted by molar-refractivity contribution is -0.139. The molecule has 10 heteroatoms. The molecule has 1 N–H and O–H groups in total. The van der Waals surface area contributed by atoms with Crippen LogP contribution in [0.5, 0.6) is 0 Å². The molecule has 0 aliphatic carbocycles. The highest BCUT2D eigenvalue weighted by Gasteiger charge is 2.32. The van der Waals surface area contributed by atoms with Gasteiger partial charge in [0.05, 0.1) is 13.2 Å². The summed E-state index contributed by atoms with van der Waals surface area (Å²) in [7, 11) is 0. The Bertz CT molecular complexity index is 1090. The number of carbonyl (C=O) groups excluding carboxylic acids is 2. The zero-order valence-electron chi connectivity index (χ0n) is 17.8. The molecule has 3 aromatic heterocycles. The molecule has 1 fully saturated rings. The third-order valence-corrected chi connectivity index (χ3v) is 6.12. The average Bonchev–Trinajstić information content (AvgIpc) is 3.35. The van der Waals surface area contributed by atoms with Crippen LogP contribution in [0.25, 0.3) is 10.2 Å². The van der Waals surface area contributed by atoms with Crippen molar-refractivity contribution >= 4 is 33.4 Å². The minimum absolute atomic E-state index is 0.00463. The maximum absolute atomic E-state index is 12.9. The molecule has 4 rings (SSSR count). The number of aromatic nitrogens is 3. The van der Waals surface area contributed by atoms with Crippen molar-refractivity contribution in [1.82, 2.24) is 25.3 Å². The molecule has 0 spiro atoms. The van der Waals surface area contributed by atoms with Gasteiger partial charge in [-0.05, 0) is 26.8 Å². The van der Waals surface area contributed by atoms with Crippen molar-refractivity contribution in [2.45, 2.75) is 45.8 Å². The average molecular weight is 444 g/mol. The molecular formula is C21H25N5O4S. The van der Waals surface area contributed by atoms with Crippen molar-refractivity contribution in [3.63, 3.8) is 0 Å². The number of thiophene rings is 1. The molecule has 1 unspecified atom stereocenters. The summed E-state index contributed by atoms with van der Waals surface area (Å²) in [6.07, 6.45) is 1.99. The zero-order chi connectivity index (χ0) is 22.0. The number of nitrogens with zero attached hydrogens (tertiary/aromatic N) is 4. The second-order valence-electron chi connectivity index (χ2n) is 7.76. The number of pyridine rings is 1. The van der Waals surface area contributed by atoms with E-state index in [4.69, 9.17) is 9.26 Å². The molecule has 31 heavy (non-hydrogen) atoms. The fourth-order valence-corrected chi connectivity index (χ4v) is 4.73. The topological polar surface area (TPSA) is 110 Å². The van der Waals surface area contributed by atoms with Gasteiger partial charge in [0.1, 0.15) is 15.8 Å². The largest absolute Gasteiger partial charge is 0.370 e. The quantitative estimate of drug-likeness (QED) is 0.623. The number of aryl methyl sites for hydroxylation is 2. The van der Waals surface area contributed by atoms with E-state index in [0.29, 0.717) is 42.7 Å². The smallest absolute Gasteiger partial charge is 0.262 e. The first-order valence-electron chi connectivity index (χ1n) is 10.3. The fourth-order valence-electron chi connectivity index (χ4n) is 3.63. The van der Waals surface area contributed by atoms with Gasteiger partial charge in [-0.1, -0.05) is 11.2 Å². The number of ether oxygens (including phenoxy) is 1. The molecule has 0 saturated carbocycles. The van der Waals surface area contributed by atoms with Crippen molar-refractivity contribution in [2.75, 3.05) is 19.7 Å². The van der Waals surface area contributed by atoms with Gasteiger partial charge in [0.25, 0.3) is 5.91 Å². The summed E-state index contributed by atoms with van der Waals surface area (Å²) in [6.45, 7) is 6.88. The van der Waals surface area contributed by atoms with Crippen LogP contribution in [0.15, 0.2) is 22.9 Å². The highest BCUT2D eigenvalue weighted by molar-refractivity contribution is 7.20. The van der Waals surface area contributed by atoms with E-state index in [2.05, 4.69) is 20.4 Å². The second-order valence-corrected chi connectivity index (χ2v) is 8.76. The SMILES string of the molecule is Cc1noc(CCC(=O)N2CCOC(c3c(C(=O)NC(C)C)sc4ncccc34)C2)n1. The lowest BCUT2D eigenvalue weighted by atomic mass is 10.0. The molecule has 1 aliphatic rings. The number of hydrogen-bond donors (Lipinski definition) is 1. The summed E-state index contributed by atoms with van der Waals surface area (Å²) < 4.78 is 11.1. The van der Waals surface area contributed by atoms with Gasteiger partial charge in [0.2, 0.25) is 11.8 Å². The summed E-state index contributed by atoms with van der Waals surface area (Å²) in [5, 5.41) is 7.60. The molecule has 0 radical (unpaired) electrons. The predicted octanol–water partition coefficient (Wildman–Crippen LogP) is 2.66. The lowest BCUT2D eigenvalue weighted by Crippen LogP contribution is -2.42. The first-order valence-corrected chi connectivity index (χ1v) is 11.1. The molecule has 1 saturated heterocycles. The van der Waals surface area contributed by atoms with Gasteiger partial charge in [0.15, 0.2) is 5.82 Å². The number of rotatable bonds is 6. The van der Waals surface area contributed by atoms with Gasteiger partial charge in [-0.3, -0.25) is 9.59 Å². The summed E-state index contributed by atoms with van der Waals surface area (Å²) in [5.74, 6) is 0.860. The molecule has 4 heterocycles. The van der Waals surface area contributed by atoms with Crippen LogP contribution in [-0.2, 0) is 16.0 Å². The standard InChI is InChI=1S/C21H25N5O4S/c1-12(2)23-20(28)19-18(14-5-4-8-22-21(14)31-19)15-11-26(9-10-29-15)17(27)7-6-16-24-13(3)25-30-16/h4-5,8,12,15H,6-7,9-11H2,1-3H3,(H,23,28). The monoisotopic (exact) mass is 443 g/mol. The molecule has 3 aromatic rings. The van der Waals surface area contributed by atoms with Gasteiger partial charge in [-0.15, -0.1) is 11.3 Å². The van der Waals surface area contributed by atoms with Gasteiger partial charge in [-0.25, -0.2) is 4.98 Å². The second kappa shape index (κ2) is 9.11. The minimum atomic E-state index is -0.394. The van der Waals surface area contributed by atoms with Crippen LogP contribution in [0.2, 0.25) is 0 Å². The van der Waals surface area contributed by atoms with Gasteiger partial charge in [0, 0.05) is 42.6 Å². The maximum Gasteiger partial charge on any atom is 0.262 e. The van der Waals surface area contributed by atoms with Crippen LogP contribution in [0.4, 0.5) is 0 Å². The van der Waals surface area contributed by atoms with E-state index < -0.39 is 6.10 Å². The Morgan fingerprint density at radius 1 is 1.39 bits per heavy atom. The van der Waals surface area contributed by atoms with Gasteiger partial charge < -0.3 is 19.5 Å². The summed E-state index contributed by atoms with van der Waals surface area (Å²) >= 11 is 1.35. The van der Waals surface area contributed by atoms with E-state index in [9.17, 15) is 9.59 Å². The molecule has 1 atom stereocenters. The minimum Gasteiger partial charge on any atom is -0.370 e.